The van der Waals surface area contributed by atoms with Crippen molar-refractivity contribution in [2.75, 3.05) is 19.3 Å². The average Bonchev–Trinajstić information content (AvgIpc) is 3.24. The number of H-pyrrole nitrogens is 1. The Morgan fingerprint density at radius 1 is 1.31 bits per heavy atom. The zero-order valence-electron chi connectivity index (χ0n) is 18.8. The summed E-state index contributed by atoms with van der Waals surface area (Å²) in [5, 5.41) is 9.95. The number of piperidine rings is 1. The summed E-state index contributed by atoms with van der Waals surface area (Å²) in [6.45, 7) is 7.27. The number of nitrogens with zero attached hydrogens (tertiary/aromatic N) is 3. The lowest BCUT2D eigenvalue weighted by Gasteiger charge is -2.46. The number of nitrogen functional groups attached to an aromatic ring is 1. The van der Waals surface area contributed by atoms with E-state index in [0.29, 0.717) is 31.9 Å². The zero-order valence-corrected chi connectivity index (χ0v) is 18.8. The second-order valence-electron chi connectivity index (χ2n) is 9.66. The maximum absolute atomic E-state index is 14.7. The molecule has 3 heterocycles. The van der Waals surface area contributed by atoms with Crippen molar-refractivity contribution < 1.29 is 18.3 Å². The van der Waals surface area contributed by atoms with Gasteiger partial charge in [-0.3, -0.25) is 14.9 Å². The van der Waals surface area contributed by atoms with Gasteiger partial charge in [-0.1, -0.05) is 0 Å². The third-order valence-electron chi connectivity index (χ3n) is 6.08. The standard InChI is InChI=1S/C22H30F2N6O2/c1-22(2,3)32-21(31)26-17-8-13(30-10-15-18(11-30)27-28-20(15)25)9-29(4)19(17)14-7-12(23)5-6-16(14)24/h5-7,13,17,19H,8-11H2,1-4H3,(H,26,31)(H3,25,27,28)/t13-,17+,19-/m1/s1. The SMILES string of the molecule is CN1C[C@H](N2Cc3[nH]nc(N)c3C2)C[C@H](NC(=O)OC(C)(C)C)[C@H]1c1cc(F)ccc1F. The molecule has 4 rings (SSSR count). The van der Waals surface area contributed by atoms with Crippen molar-refractivity contribution >= 4 is 11.9 Å². The predicted octanol–water partition coefficient (Wildman–Crippen LogP) is 2.92. The fraction of sp³-hybridized carbons (Fsp3) is 0.545. The Morgan fingerprint density at radius 3 is 2.75 bits per heavy atom. The Hall–Kier alpha value is -2.72. The van der Waals surface area contributed by atoms with Crippen molar-refractivity contribution in [1.29, 1.82) is 0 Å². The summed E-state index contributed by atoms with van der Waals surface area (Å²) in [5.74, 6) is -0.531. The van der Waals surface area contributed by atoms with E-state index in [0.717, 1.165) is 23.4 Å². The minimum absolute atomic E-state index is 0.0630. The van der Waals surface area contributed by atoms with Crippen molar-refractivity contribution in [3.63, 3.8) is 0 Å². The molecule has 174 valence electrons. The number of ether oxygens (including phenoxy) is 1. The van der Waals surface area contributed by atoms with E-state index in [1.807, 2.05) is 11.9 Å². The minimum Gasteiger partial charge on any atom is -0.444 e. The first-order valence-corrected chi connectivity index (χ1v) is 10.7. The predicted molar refractivity (Wildman–Crippen MR) is 116 cm³/mol. The minimum atomic E-state index is -0.675. The lowest BCUT2D eigenvalue weighted by molar-refractivity contribution is 0.0258. The first-order chi connectivity index (χ1) is 15.0. The molecule has 10 heteroatoms. The first kappa shape index (κ1) is 22.5. The Labute approximate surface area is 186 Å². The number of benzene rings is 1. The number of likely N-dealkylation sites (N-methyl/N-ethyl adjacent to an activating group) is 1. The molecule has 0 spiro atoms. The van der Waals surface area contributed by atoms with Crippen LogP contribution in [0, 0.1) is 11.6 Å². The van der Waals surface area contributed by atoms with Crippen molar-refractivity contribution in [3.05, 3.63) is 46.7 Å². The Kier molecular flexibility index (Phi) is 5.85. The number of carbonyl (C=O) groups excluding carboxylic acids is 1. The van der Waals surface area contributed by atoms with Crippen LogP contribution in [0.2, 0.25) is 0 Å². The number of anilines is 1. The number of carbonyl (C=O) groups is 1. The number of hydrogen-bond acceptors (Lipinski definition) is 6. The number of halogens is 2. The van der Waals surface area contributed by atoms with Crippen LogP contribution in [0.3, 0.4) is 0 Å². The van der Waals surface area contributed by atoms with Crippen molar-refractivity contribution in [1.82, 2.24) is 25.3 Å². The van der Waals surface area contributed by atoms with E-state index >= 15 is 0 Å². The summed E-state index contributed by atoms with van der Waals surface area (Å²) >= 11 is 0. The number of nitrogens with one attached hydrogen (secondary N) is 2. The topological polar surface area (TPSA) is 99.5 Å². The second kappa shape index (κ2) is 8.32. The van der Waals surface area contributed by atoms with Crippen LogP contribution >= 0.6 is 0 Å². The van der Waals surface area contributed by atoms with Gasteiger partial charge in [0.2, 0.25) is 0 Å². The molecule has 1 fully saturated rings. The van der Waals surface area contributed by atoms with Gasteiger partial charge in [0.25, 0.3) is 0 Å². The molecule has 2 aromatic rings. The number of rotatable bonds is 3. The molecular weight excluding hydrogens is 418 g/mol. The molecule has 1 aromatic carbocycles. The Morgan fingerprint density at radius 2 is 2.06 bits per heavy atom. The number of amides is 1. The van der Waals surface area contributed by atoms with E-state index in [4.69, 9.17) is 10.5 Å². The van der Waals surface area contributed by atoms with Gasteiger partial charge in [0.05, 0.1) is 17.8 Å². The highest BCUT2D eigenvalue weighted by Gasteiger charge is 2.41. The van der Waals surface area contributed by atoms with Crippen LogP contribution in [0.15, 0.2) is 18.2 Å². The van der Waals surface area contributed by atoms with Gasteiger partial charge in [0.1, 0.15) is 23.1 Å². The van der Waals surface area contributed by atoms with Crippen LogP contribution < -0.4 is 11.1 Å². The number of alkyl carbamates (subject to hydrolysis) is 1. The summed E-state index contributed by atoms with van der Waals surface area (Å²) in [7, 11) is 1.86. The van der Waals surface area contributed by atoms with Crippen LogP contribution in [0.4, 0.5) is 19.4 Å². The summed E-state index contributed by atoms with van der Waals surface area (Å²) in [6, 6.07) is 2.46. The summed E-state index contributed by atoms with van der Waals surface area (Å²) in [6.07, 6.45) is -0.0413. The molecule has 0 saturated carbocycles. The van der Waals surface area contributed by atoms with E-state index in [-0.39, 0.29) is 11.6 Å². The molecule has 0 unspecified atom stereocenters. The van der Waals surface area contributed by atoms with Gasteiger partial charge in [-0.15, -0.1) is 0 Å². The molecule has 2 aliphatic rings. The van der Waals surface area contributed by atoms with Crippen molar-refractivity contribution in [2.45, 2.75) is 64.0 Å². The van der Waals surface area contributed by atoms with E-state index in [9.17, 15) is 13.6 Å². The number of aromatic amines is 1. The van der Waals surface area contributed by atoms with Gasteiger partial charge in [-0.25, -0.2) is 13.6 Å². The Balaban J connectivity index is 1.59. The van der Waals surface area contributed by atoms with Crippen LogP contribution in [0.1, 0.15) is 50.1 Å². The summed E-state index contributed by atoms with van der Waals surface area (Å²) < 4.78 is 34.2. The van der Waals surface area contributed by atoms with E-state index in [1.54, 1.807) is 20.8 Å². The molecule has 32 heavy (non-hydrogen) atoms. The number of nitrogens with two attached hydrogens (primary N) is 1. The lowest BCUT2D eigenvalue weighted by Crippen LogP contribution is -2.57. The highest BCUT2D eigenvalue weighted by molar-refractivity contribution is 5.68. The molecule has 1 amide bonds. The monoisotopic (exact) mass is 448 g/mol. The number of likely N-dealkylation sites (tertiary alicyclic amines) is 1. The molecule has 1 aromatic heterocycles. The molecular formula is C22H30F2N6O2. The van der Waals surface area contributed by atoms with Gasteiger partial charge in [-0.2, -0.15) is 5.10 Å². The number of fused-ring (bicyclic) bond motifs is 1. The van der Waals surface area contributed by atoms with Crippen LogP contribution in [0.5, 0.6) is 0 Å². The third kappa shape index (κ3) is 4.56. The van der Waals surface area contributed by atoms with Gasteiger partial charge >= 0.3 is 6.09 Å². The zero-order chi connectivity index (χ0) is 23.2. The maximum Gasteiger partial charge on any atom is 0.407 e. The highest BCUT2D eigenvalue weighted by Crippen LogP contribution is 2.36. The van der Waals surface area contributed by atoms with Gasteiger partial charge < -0.3 is 15.8 Å². The van der Waals surface area contributed by atoms with Gasteiger partial charge in [-0.05, 0) is 52.4 Å². The molecule has 4 N–H and O–H groups in total. The normalized spacial score (nSPS) is 24.4. The maximum atomic E-state index is 14.7. The lowest BCUT2D eigenvalue weighted by atomic mass is 9.87. The largest absolute Gasteiger partial charge is 0.444 e. The summed E-state index contributed by atoms with van der Waals surface area (Å²) in [4.78, 5) is 16.8. The van der Waals surface area contributed by atoms with E-state index in [1.165, 1.54) is 6.07 Å². The smallest absolute Gasteiger partial charge is 0.407 e. The molecule has 3 atom stereocenters. The molecule has 0 aliphatic carbocycles. The average molecular weight is 449 g/mol. The fourth-order valence-electron chi connectivity index (χ4n) is 4.75. The summed E-state index contributed by atoms with van der Waals surface area (Å²) in [5.41, 5.74) is 7.48. The van der Waals surface area contributed by atoms with Gasteiger partial charge in [0.15, 0.2) is 0 Å². The Bertz CT molecular complexity index is 1000. The van der Waals surface area contributed by atoms with Crippen molar-refractivity contribution in [3.8, 4) is 0 Å². The van der Waals surface area contributed by atoms with E-state index < -0.39 is 35.4 Å². The highest BCUT2D eigenvalue weighted by atomic mass is 19.1. The van der Waals surface area contributed by atoms with Gasteiger partial charge in [0, 0.05) is 36.8 Å². The van der Waals surface area contributed by atoms with Crippen molar-refractivity contribution in [2.24, 2.45) is 0 Å². The van der Waals surface area contributed by atoms with Crippen LogP contribution in [0.25, 0.3) is 0 Å². The molecule has 8 nitrogen and oxygen atoms in total. The third-order valence-corrected chi connectivity index (χ3v) is 6.08. The van der Waals surface area contributed by atoms with Crippen LogP contribution in [-0.2, 0) is 17.8 Å². The quantitative estimate of drug-likeness (QED) is 0.668. The molecule has 0 radical (unpaired) electrons. The number of hydrogen-bond donors (Lipinski definition) is 3. The first-order valence-electron chi connectivity index (χ1n) is 10.7. The molecule has 2 aliphatic heterocycles. The molecule has 1 saturated heterocycles. The van der Waals surface area contributed by atoms with Crippen LogP contribution in [-0.4, -0.2) is 57.4 Å². The number of aromatic nitrogens is 2. The van der Waals surface area contributed by atoms with E-state index in [2.05, 4.69) is 20.4 Å². The fourth-order valence-corrected chi connectivity index (χ4v) is 4.75. The molecule has 0 bridgehead atoms. The second-order valence-corrected chi connectivity index (χ2v) is 9.66.